The van der Waals surface area contributed by atoms with Crippen LogP contribution in [0.2, 0.25) is 0 Å². The second-order valence-corrected chi connectivity index (χ2v) is 3.85. The van der Waals surface area contributed by atoms with E-state index in [-0.39, 0.29) is 0 Å². The average Bonchev–Trinajstić information content (AvgIpc) is 2.29. The van der Waals surface area contributed by atoms with Crippen molar-refractivity contribution in [2.75, 3.05) is 31.1 Å². The van der Waals surface area contributed by atoms with Crippen LogP contribution in [-0.4, -0.2) is 52.5 Å². The smallest absolute Gasteiger partial charge is 0.407 e. The minimum Gasteiger partial charge on any atom is -0.465 e. The normalized spacial score (nSPS) is 16.3. The molecule has 0 unspecified atom stereocenters. The molecule has 0 saturated carbocycles. The molecule has 0 atom stereocenters. The number of carboxylic acid groups (broad SMARTS) is 1. The number of aryl methyl sites for hydroxylation is 1. The zero-order chi connectivity index (χ0) is 11.5. The predicted octanol–water partition coefficient (Wildman–Crippen LogP) is 0.585. The van der Waals surface area contributed by atoms with E-state index in [0.29, 0.717) is 26.2 Å². The van der Waals surface area contributed by atoms with E-state index in [9.17, 15) is 4.79 Å². The van der Waals surface area contributed by atoms with E-state index in [1.165, 1.54) is 4.90 Å². The lowest BCUT2D eigenvalue weighted by molar-refractivity contribution is 0.142. The molecule has 6 heteroatoms. The van der Waals surface area contributed by atoms with Gasteiger partial charge >= 0.3 is 6.09 Å². The molecule has 1 aliphatic rings. The van der Waals surface area contributed by atoms with Crippen molar-refractivity contribution in [3.63, 3.8) is 0 Å². The molecule has 16 heavy (non-hydrogen) atoms. The van der Waals surface area contributed by atoms with Crippen LogP contribution in [0.4, 0.5) is 10.6 Å². The van der Waals surface area contributed by atoms with Gasteiger partial charge in [-0.1, -0.05) is 0 Å². The molecule has 0 aliphatic carbocycles. The Bertz CT molecular complexity index is 388. The summed E-state index contributed by atoms with van der Waals surface area (Å²) in [6.07, 6.45) is 0.853. The van der Waals surface area contributed by atoms with Gasteiger partial charge in [-0.25, -0.2) is 4.79 Å². The molecule has 1 aliphatic heterocycles. The number of nitrogens with zero attached hydrogens (tertiary/aromatic N) is 4. The first-order chi connectivity index (χ1) is 7.66. The molecular formula is C10H14N4O2. The maximum absolute atomic E-state index is 10.7. The van der Waals surface area contributed by atoms with Crippen LogP contribution in [0.15, 0.2) is 12.3 Å². The van der Waals surface area contributed by atoms with Gasteiger partial charge in [-0.15, -0.1) is 5.10 Å². The van der Waals surface area contributed by atoms with Crippen LogP contribution in [0.3, 0.4) is 0 Å². The van der Waals surface area contributed by atoms with Gasteiger partial charge in [0.2, 0.25) is 0 Å². The highest BCUT2D eigenvalue weighted by Gasteiger charge is 2.21. The molecule has 1 amide bonds. The lowest BCUT2D eigenvalue weighted by Gasteiger charge is -2.33. The monoisotopic (exact) mass is 222 g/mol. The van der Waals surface area contributed by atoms with E-state index in [2.05, 4.69) is 15.1 Å². The molecule has 6 nitrogen and oxygen atoms in total. The summed E-state index contributed by atoms with van der Waals surface area (Å²) in [6, 6.07) is 1.96. The summed E-state index contributed by atoms with van der Waals surface area (Å²) >= 11 is 0. The minimum absolute atomic E-state index is 0.519. The Morgan fingerprint density at radius 3 is 2.62 bits per heavy atom. The van der Waals surface area contributed by atoms with Crippen molar-refractivity contribution >= 4 is 11.9 Å². The molecule has 0 aromatic carbocycles. The number of carbonyl (C=O) groups is 1. The molecule has 2 heterocycles. The van der Waals surface area contributed by atoms with Crippen molar-refractivity contribution < 1.29 is 9.90 Å². The van der Waals surface area contributed by atoms with Crippen LogP contribution in [0.1, 0.15) is 5.56 Å². The van der Waals surface area contributed by atoms with E-state index in [1.807, 2.05) is 13.0 Å². The van der Waals surface area contributed by atoms with Gasteiger partial charge in [-0.05, 0) is 18.6 Å². The summed E-state index contributed by atoms with van der Waals surface area (Å²) in [5, 5.41) is 16.8. The quantitative estimate of drug-likeness (QED) is 0.753. The Morgan fingerprint density at radius 2 is 2.06 bits per heavy atom. The fourth-order valence-corrected chi connectivity index (χ4v) is 1.73. The highest BCUT2D eigenvalue weighted by molar-refractivity contribution is 5.65. The van der Waals surface area contributed by atoms with Gasteiger partial charge in [0.15, 0.2) is 5.82 Å². The van der Waals surface area contributed by atoms with E-state index in [1.54, 1.807) is 6.20 Å². The zero-order valence-electron chi connectivity index (χ0n) is 9.13. The topological polar surface area (TPSA) is 69.6 Å². The maximum atomic E-state index is 10.7. The van der Waals surface area contributed by atoms with Crippen LogP contribution >= 0.6 is 0 Å². The Labute approximate surface area is 93.5 Å². The number of anilines is 1. The Morgan fingerprint density at radius 1 is 1.38 bits per heavy atom. The number of rotatable bonds is 1. The Hall–Kier alpha value is -1.85. The summed E-state index contributed by atoms with van der Waals surface area (Å²) < 4.78 is 0. The van der Waals surface area contributed by atoms with E-state index < -0.39 is 6.09 Å². The van der Waals surface area contributed by atoms with Crippen LogP contribution in [-0.2, 0) is 0 Å². The SMILES string of the molecule is Cc1cnnc(N2CCN(C(=O)O)CC2)c1. The van der Waals surface area contributed by atoms with Crippen molar-refractivity contribution in [1.29, 1.82) is 0 Å². The zero-order valence-corrected chi connectivity index (χ0v) is 9.13. The molecule has 0 bridgehead atoms. The van der Waals surface area contributed by atoms with Crippen LogP contribution < -0.4 is 4.90 Å². The van der Waals surface area contributed by atoms with Crippen molar-refractivity contribution in [3.8, 4) is 0 Å². The minimum atomic E-state index is -0.852. The van der Waals surface area contributed by atoms with Gasteiger partial charge in [0.25, 0.3) is 0 Å². The van der Waals surface area contributed by atoms with Gasteiger partial charge in [0.05, 0.1) is 6.20 Å². The standard InChI is InChI=1S/C10H14N4O2/c1-8-6-9(12-11-7-8)13-2-4-14(5-3-13)10(15)16/h6-7H,2-5H2,1H3,(H,15,16). The van der Waals surface area contributed by atoms with Crippen LogP contribution in [0.25, 0.3) is 0 Å². The number of aromatic nitrogens is 2. The lowest BCUT2D eigenvalue weighted by Crippen LogP contribution is -2.48. The van der Waals surface area contributed by atoms with Crippen LogP contribution in [0, 0.1) is 6.92 Å². The molecule has 1 N–H and O–H groups in total. The number of piperazine rings is 1. The van der Waals surface area contributed by atoms with E-state index >= 15 is 0 Å². The first kappa shape index (κ1) is 10.7. The third kappa shape index (κ3) is 2.21. The highest BCUT2D eigenvalue weighted by Crippen LogP contribution is 2.13. The summed E-state index contributed by atoms with van der Waals surface area (Å²) in [6.45, 7) is 4.34. The molecule has 1 saturated heterocycles. The Balaban J connectivity index is 2.01. The van der Waals surface area contributed by atoms with Gasteiger partial charge < -0.3 is 14.9 Å². The number of hydrogen-bond donors (Lipinski definition) is 1. The van der Waals surface area contributed by atoms with Crippen molar-refractivity contribution in [2.45, 2.75) is 6.92 Å². The third-order valence-corrected chi connectivity index (χ3v) is 2.65. The second kappa shape index (κ2) is 4.34. The van der Waals surface area contributed by atoms with E-state index in [4.69, 9.17) is 5.11 Å². The number of amides is 1. The molecule has 86 valence electrons. The fraction of sp³-hybridized carbons (Fsp3) is 0.500. The molecule has 1 aromatic heterocycles. The highest BCUT2D eigenvalue weighted by atomic mass is 16.4. The Kier molecular flexibility index (Phi) is 2.89. The van der Waals surface area contributed by atoms with Crippen LogP contribution in [0.5, 0.6) is 0 Å². The largest absolute Gasteiger partial charge is 0.465 e. The molecule has 2 rings (SSSR count). The first-order valence-corrected chi connectivity index (χ1v) is 5.19. The maximum Gasteiger partial charge on any atom is 0.407 e. The first-order valence-electron chi connectivity index (χ1n) is 5.19. The summed E-state index contributed by atoms with van der Waals surface area (Å²) in [4.78, 5) is 14.2. The van der Waals surface area contributed by atoms with Crippen molar-refractivity contribution in [1.82, 2.24) is 15.1 Å². The predicted molar refractivity (Wildman–Crippen MR) is 58.6 cm³/mol. The van der Waals surface area contributed by atoms with Gasteiger partial charge in [-0.3, -0.25) is 0 Å². The van der Waals surface area contributed by atoms with Gasteiger partial charge in [-0.2, -0.15) is 5.10 Å². The lowest BCUT2D eigenvalue weighted by atomic mass is 10.3. The van der Waals surface area contributed by atoms with Gasteiger partial charge in [0.1, 0.15) is 0 Å². The molecule has 1 fully saturated rings. The second-order valence-electron chi connectivity index (χ2n) is 3.85. The molecule has 0 spiro atoms. The van der Waals surface area contributed by atoms with Gasteiger partial charge in [0, 0.05) is 26.2 Å². The number of hydrogen-bond acceptors (Lipinski definition) is 4. The van der Waals surface area contributed by atoms with E-state index in [0.717, 1.165) is 11.4 Å². The molecule has 1 aromatic rings. The van der Waals surface area contributed by atoms with Crippen molar-refractivity contribution in [3.05, 3.63) is 17.8 Å². The van der Waals surface area contributed by atoms with Crippen molar-refractivity contribution in [2.24, 2.45) is 0 Å². The summed E-state index contributed by atoms with van der Waals surface area (Å²) in [5.41, 5.74) is 1.06. The summed E-state index contributed by atoms with van der Waals surface area (Å²) in [7, 11) is 0. The fourth-order valence-electron chi connectivity index (χ4n) is 1.73. The average molecular weight is 222 g/mol. The third-order valence-electron chi connectivity index (χ3n) is 2.65. The summed E-state index contributed by atoms with van der Waals surface area (Å²) in [5.74, 6) is 0.824. The molecular weight excluding hydrogens is 208 g/mol. The molecule has 0 radical (unpaired) electrons.